The van der Waals surface area contributed by atoms with Crippen molar-refractivity contribution >= 4 is 37.7 Å². The van der Waals surface area contributed by atoms with Crippen molar-refractivity contribution in [3.8, 4) is 5.75 Å². The molecule has 0 aliphatic carbocycles. The topological polar surface area (TPSA) is 59.5 Å². The highest BCUT2D eigenvalue weighted by Crippen LogP contribution is 2.29. The quantitative estimate of drug-likeness (QED) is 0.571. The van der Waals surface area contributed by atoms with E-state index in [4.69, 9.17) is 4.74 Å². The van der Waals surface area contributed by atoms with E-state index >= 15 is 0 Å². The van der Waals surface area contributed by atoms with E-state index in [9.17, 15) is 8.42 Å². The molecule has 0 radical (unpaired) electrons. The van der Waals surface area contributed by atoms with Crippen LogP contribution in [0.15, 0.2) is 50.9 Å². The zero-order chi connectivity index (χ0) is 18.4. The second kappa shape index (κ2) is 9.02. The predicted molar refractivity (Wildman–Crippen MR) is 105 cm³/mol. The molecule has 0 saturated carbocycles. The third kappa shape index (κ3) is 4.97. The lowest BCUT2D eigenvalue weighted by atomic mass is 10.2. The van der Waals surface area contributed by atoms with Gasteiger partial charge in [-0.15, -0.1) is 11.8 Å². The highest BCUT2D eigenvalue weighted by atomic mass is 79.9. The fourth-order valence-electron chi connectivity index (χ4n) is 2.27. The summed E-state index contributed by atoms with van der Waals surface area (Å²) in [6.45, 7) is 4.54. The van der Waals surface area contributed by atoms with Crippen LogP contribution in [0.25, 0.3) is 0 Å². The molecular formula is C17H21BrN2O3S2. The van der Waals surface area contributed by atoms with Gasteiger partial charge in [-0.05, 0) is 45.8 Å². The van der Waals surface area contributed by atoms with Crippen molar-refractivity contribution in [2.45, 2.75) is 29.5 Å². The van der Waals surface area contributed by atoms with E-state index in [2.05, 4.69) is 20.9 Å². The minimum Gasteiger partial charge on any atom is -0.496 e. The molecule has 5 nitrogen and oxygen atoms in total. The number of aromatic nitrogens is 1. The Morgan fingerprint density at radius 1 is 1.20 bits per heavy atom. The normalized spacial score (nSPS) is 11.7. The first-order chi connectivity index (χ1) is 11.9. The summed E-state index contributed by atoms with van der Waals surface area (Å²) < 4.78 is 32.4. The average molecular weight is 445 g/mol. The van der Waals surface area contributed by atoms with E-state index in [1.807, 2.05) is 32.0 Å². The molecule has 0 saturated heterocycles. The third-order valence-corrected chi connectivity index (χ3v) is 7.32. The first-order valence-electron chi connectivity index (χ1n) is 7.83. The molecule has 0 atom stereocenters. The number of hydrogen-bond acceptors (Lipinski definition) is 5. The van der Waals surface area contributed by atoms with Gasteiger partial charge in [0.15, 0.2) is 0 Å². The SMILES string of the molecule is CCN(CC)S(=O)(=O)c1ccc(SCc2ccc(OC)c(Br)c2)nc1. The summed E-state index contributed by atoms with van der Waals surface area (Å²) in [7, 11) is -1.83. The molecule has 0 bridgehead atoms. The standard InChI is InChI=1S/C17H21BrN2O3S2/c1-4-20(5-2)25(21,22)14-7-9-17(19-11-14)24-12-13-6-8-16(23-3)15(18)10-13/h6-11H,4-5,12H2,1-3H3. The maximum absolute atomic E-state index is 12.4. The molecule has 0 unspecified atom stereocenters. The van der Waals surface area contributed by atoms with Gasteiger partial charge >= 0.3 is 0 Å². The lowest BCUT2D eigenvalue weighted by molar-refractivity contribution is 0.412. The number of nitrogens with zero attached hydrogens (tertiary/aromatic N) is 2. The van der Waals surface area contributed by atoms with Gasteiger partial charge in [-0.2, -0.15) is 4.31 Å². The summed E-state index contributed by atoms with van der Waals surface area (Å²) in [6, 6.07) is 9.28. The minimum absolute atomic E-state index is 0.229. The highest BCUT2D eigenvalue weighted by molar-refractivity contribution is 9.10. The van der Waals surface area contributed by atoms with E-state index in [-0.39, 0.29) is 4.90 Å². The molecule has 0 fully saturated rings. The zero-order valence-corrected chi connectivity index (χ0v) is 17.6. The molecule has 1 aromatic heterocycles. The second-order valence-corrected chi connectivity index (χ2v) is 8.97. The van der Waals surface area contributed by atoms with E-state index < -0.39 is 10.0 Å². The molecule has 2 rings (SSSR count). The summed E-state index contributed by atoms with van der Waals surface area (Å²) in [5.41, 5.74) is 1.12. The van der Waals surface area contributed by atoms with Crippen LogP contribution in [-0.4, -0.2) is 37.9 Å². The van der Waals surface area contributed by atoms with E-state index in [0.29, 0.717) is 13.1 Å². The van der Waals surface area contributed by atoms with Crippen molar-refractivity contribution in [3.63, 3.8) is 0 Å². The Labute approximate surface area is 162 Å². The summed E-state index contributed by atoms with van der Waals surface area (Å²) in [5, 5.41) is 0.783. The van der Waals surface area contributed by atoms with Gasteiger partial charge in [0, 0.05) is 25.0 Å². The molecule has 0 aliphatic rings. The monoisotopic (exact) mass is 444 g/mol. The van der Waals surface area contributed by atoms with Crippen LogP contribution < -0.4 is 4.74 Å². The number of benzene rings is 1. The summed E-state index contributed by atoms with van der Waals surface area (Å²) in [6.07, 6.45) is 1.43. The lowest BCUT2D eigenvalue weighted by Gasteiger charge is -2.18. The number of hydrogen-bond donors (Lipinski definition) is 0. The van der Waals surface area contributed by atoms with Crippen LogP contribution in [0.3, 0.4) is 0 Å². The van der Waals surface area contributed by atoms with E-state index in [1.165, 1.54) is 10.5 Å². The van der Waals surface area contributed by atoms with Crippen LogP contribution in [0.2, 0.25) is 0 Å². The molecule has 25 heavy (non-hydrogen) atoms. The van der Waals surface area contributed by atoms with Crippen LogP contribution >= 0.6 is 27.7 Å². The van der Waals surface area contributed by atoms with Gasteiger partial charge in [0.2, 0.25) is 10.0 Å². The number of methoxy groups -OCH3 is 1. The summed E-state index contributed by atoms with van der Waals surface area (Å²) in [5.74, 6) is 1.52. The molecular weight excluding hydrogens is 424 g/mol. The minimum atomic E-state index is -3.46. The molecule has 1 heterocycles. The number of pyridine rings is 1. The van der Waals surface area contributed by atoms with Crippen molar-refractivity contribution in [3.05, 3.63) is 46.6 Å². The van der Waals surface area contributed by atoms with Crippen LogP contribution in [-0.2, 0) is 15.8 Å². The fourth-order valence-corrected chi connectivity index (χ4v) is 5.05. The molecule has 136 valence electrons. The number of sulfonamides is 1. The van der Waals surface area contributed by atoms with Gasteiger partial charge in [0.1, 0.15) is 10.6 Å². The highest BCUT2D eigenvalue weighted by Gasteiger charge is 2.21. The van der Waals surface area contributed by atoms with Gasteiger partial charge in [-0.1, -0.05) is 19.9 Å². The Kier molecular flexibility index (Phi) is 7.30. The maximum atomic E-state index is 12.4. The van der Waals surface area contributed by atoms with Gasteiger partial charge in [-0.3, -0.25) is 0 Å². The van der Waals surface area contributed by atoms with Crippen LogP contribution in [0.5, 0.6) is 5.75 Å². The maximum Gasteiger partial charge on any atom is 0.244 e. The number of rotatable bonds is 8. The molecule has 1 aromatic carbocycles. The Balaban J connectivity index is 2.07. The summed E-state index contributed by atoms with van der Waals surface area (Å²) >= 11 is 5.02. The molecule has 0 amide bonds. The molecule has 0 spiro atoms. The third-order valence-electron chi connectivity index (χ3n) is 3.66. The number of ether oxygens (including phenoxy) is 1. The van der Waals surface area contributed by atoms with Crippen molar-refractivity contribution < 1.29 is 13.2 Å². The van der Waals surface area contributed by atoms with Gasteiger partial charge in [0.05, 0.1) is 16.6 Å². The number of thioether (sulfide) groups is 1. The zero-order valence-electron chi connectivity index (χ0n) is 14.4. The van der Waals surface area contributed by atoms with Crippen molar-refractivity contribution in [1.29, 1.82) is 0 Å². The summed E-state index contributed by atoms with van der Waals surface area (Å²) in [4.78, 5) is 4.52. The molecule has 2 aromatic rings. The largest absolute Gasteiger partial charge is 0.496 e. The van der Waals surface area contributed by atoms with Crippen LogP contribution in [0.1, 0.15) is 19.4 Å². The lowest BCUT2D eigenvalue weighted by Crippen LogP contribution is -2.30. The average Bonchev–Trinajstić information content (AvgIpc) is 2.61. The van der Waals surface area contributed by atoms with Gasteiger partial charge in [0.25, 0.3) is 0 Å². The number of halogens is 1. The first-order valence-corrected chi connectivity index (χ1v) is 11.1. The van der Waals surface area contributed by atoms with Crippen LogP contribution in [0.4, 0.5) is 0 Å². The predicted octanol–water partition coefficient (Wildman–Crippen LogP) is 4.18. The van der Waals surface area contributed by atoms with Crippen molar-refractivity contribution in [2.75, 3.05) is 20.2 Å². The van der Waals surface area contributed by atoms with Gasteiger partial charge in [-0.25, -0.2) is 13.4 Å². The van der Waals surface area contributed by atoms with Gasteiger partial charge < -0.3 is 4.74 Å². The Hall–Kier alpha value is -1.09. The molecule has 8 heteroatoms. The van der Waals surface area contributed by atoms with Crippen LogP contribution in [0, 0.1) is 0 Å². The van der Waals surface area contributed by atoms with E-state index in [1.54, 1.807) is 31.0 Å². The molecule has 0 aliphatic heterocycles. The molecule has 0 N–H and O–H groups in total. The smallest absolute Gasteiger partial charge is 0.244 e. The Morgan fingerprint density at radius 2 is 1.92 bits per heavy atom. The fraction of sp³-hybridized carbons (Fsp3) is 0.353. The Bertz CT molecular complexity index is 807. The van der Waals surface area contributed by atoms with E-state index in [0.717, 1.165) is 26.6 Å². The Morgan fingerprint density at radius 3 is 2.44 bits per heavy atom. The van der Waals surface area contributed by atoms with Crippen molar-refractivity contribution in [2.24, 2.45) is 0 Å². The van der Waals surface area contributed by atoms with Crippen molar-refractivity contribution in [1.82, 2.24) is 9.29 Å². The first kappa shape index (κ1) is 20.2. The second-order valence-electron chi connectivity index (χ2n) is 5.18.